The van der Waals surface area contributed by atoms with Gasteiger partial charge in [0.2, 0.25) is 10.0 Å². The molecule has 1 aliphatic rings. The zero-order valence-corrected chi connectivity index (χ0v) is 23.4. The Hall–Kier alpha value is -3.16. The molecule has 40 heavy (non-hydrogen) atoms. The first-order valence-corrected chi connectivity index (χ1v) is 16.1. The third kappa shape index (κ3) is 5.81. The van der Waals surface area contributed by atoms with Crippen LogP contribution in [0.1, 0.15) is 38.3 Å². The maximum Gasteiger partial charge on any atom is 0.310 e. The van der Waals surface area contributed by atoms with Crippen molar-refractivity contribution in [3.8, 4) is 11.1 Å². The summed E-state index contributed by atoms with van der Waals surface area (Å²) in [5.74, 6) is 0.293. The highest BCUT2D eigenvalue weighted by atomic mass is 32.5. The fourth-order valence-corrected chi connectivity index (χ4v) is 6.97. The Labute approximate surface area is 229 Å². The van der Waals surface area contributed by atoms with E-state index in [1.807, 2.05) is 28.9 Å². The summed E-state index contributed by atoms with van der Waals surface area (Å²) >= 11 is 0. The van der Waals surface area contributed by atoms with Crippen LogP contribution in [0.5, 0.6) is 0 Å². The Kier molecular flexibility index (Phi) is 6.51. The second kappa shape index (κ2) is 9.18. The van der Waals surface area contributed by atoms with E-state index in [4.69, 9.17) is 0 Å². The number of hydrogen-bond acceptors (Lipinski definition) is 4. The maximum atomic E-state index is 13.3. The fraction of sp³-hybridized carbons (Fsp3) is 0.296. The van der Waals surface area contributed by atoms with Gasteiger partial charge in [0.05, 0.1) is 4.90 Å². The monoisotopic (exact) mass is 600 g/mol. The number of halogens is 5. The minimum absolute atomic E-state index is 0.167. The summed E-state index contributed by atoms with van der Waals surface area (Å²) in [5, 5.41) is 3.02. The van der Waals surface area contributed by atoms with Gasteiger partial charge in [0.1, 0.15) is 10.5 Å². The molecular weight excluding hydrogens is 571 g/mol. The molecule has 3 heterocycles. The van der Waals surface area contributed by atoms with Crippen LogP contribution in [-0.2, 0) is 10.0 Å². The normalized spacial score (nSPS) is 17.6. The molecule has 2 aromatic carbocycles. The predicted octanol–water partition coefficient (Wildman–Crippen LogP) is 8.05. The Morgan fingerprint density at radius 2 is 1.48 bits per heavy atom. The van der Waals surface area contributed by atoms with E-state index in [0.29, 0.717) is 30.9 Å². The molecule has 0 aliphatic carbocycles. The molecule has 1 fully saturated rings. The third-order valence-electron chi connectivity index (χ3n) is 7.08. The van der Waals surface area contributed by atoms with Gasteiger partial charge in [-0.3, -0.25) is 0 Å². The minimum Gasteiger partial charge on any atom is -0.382 e. The zero-order chi connectivity index (χ0) is 29.0. The smallest absolute Gasteiger partial charge is 0.310 e. The van der Waals surface area contributed by atoms with Crippen molar-refractivity contribution in [2.45, 2.75) is 48.4 Å². The number of nitrogens with one attached hydrogen (secondary N) is 1. The molecule has 0 unspecified atom stereocenters. The first kappa shape index (κ1) is 28.4. The summed E-state index contributed by atoms with van der Waals surface area (Å²) < 4.78 is 94.7. The summed E-state index contributed by atoms with van der Waals surface area (Å²) in [5.41, 5.74) is 3.97. The number of benzene rings is 2. The number of anilines is 1. The Morgan fingerprint density at radius 3 is 2.05 bits per heavy atom. The number of rotatable bonds is 7. The molecule has 2 aromatic heterocycles. The van der Waals surface area contributed by atoms with Crippen LogP contribution < -0.4 is 5.32 Å². The standard InChI is InChI=1S/C27H29F5N4O2S2/c1-19(2)26-17-33-27-12-5-21(18-36(26)27)20-3-8-24(9-4-20)39(37,38)35-15-13-23(14-16-35)34-22-6-10-25(11-7-22)40(28,29,30,31)32/h3-12,17-19,23,34H,13-16H2,1-2H3. The van der Waals surface area contributed by atoms with Crippen LogP contribution in [0.3, 0.4) is 0 Å². The van der Waals surface area contributed by atoms with Gasteiger partial charge in [0, 0.05) is 42.9 Å². The van der Waals surface area contributed by atoms with Gasteiger partial charge in [-0.1, -0.05) is 45.4 Å². The van der Waals surface area contributed by atoms with Crippen molar-refractivity contribution in [1.82, 2.24) is 13.7 Å². The number of piperidine rings is 1. The van der Waals surface area contributed by atoms with Gasteiger partial charge in [-0.2, -0.15) is 4.31 Å². The van der Waals surface area contributed by atoms with Gasteiger partial charge in [-0.05, 0) is 78.4 Å². The number of imidazole rings is 1. The molecule has 0 bridgehead atoms. The van der Waals surface area contributed by atoms with Crippen molar-refractivity contribution in [3.05, 3.63) is 78.8 Å². The average molecular weight is 601 g/mol. The lowest BCUT2D eigenvalue weighted by molar-refractivity contribution is 0.330. The summed E-state index contributed by atoms with van der Waals surface area (Å²) in [6.07, 6.45) is 4.65. The van der Waals surface area contributed by atoms with Gasteiger partial charge in [0.15, 0.2) is 0 Å². The molecule has 0 atom stereocenters. The second-order valence-corrected chi connectivity index (χ2v) is 14.7. The van der Waals surface area contributed by atoms with E-state index >= 15 is 0 Å². The lowest BCUT2D eigenvalue weighted by Crippen LogP contribution is -2.42. The van der Waals surface area contributed by atoms with Crippen molar-refractivity contribution in [1.29, 1.82) is 0 Å². The highest BCUT2D eigenvalue weighted by molar-refractivity contribution is 8.45. The van der Waals surface area contributed by atoms with Gasteiger partial charge in [-0.25, -0.2) is 13.4 Å². The van der Waals surface area contributed by atoms with E-state index in [9.17, 15) is 27.8 Å². The van der Waals surface area contributed by atoms with E-state index < -0.39 is 25.1 Å². The SMILES string of the molecule is CC(C)c1cnc2ccc(-c3ccc(S(=O)(=O)N4CCC(Nc5ccc(S(F)(F)(F)(F)F)cc5)CC4)cc3)cn12. The average Bonchev–Trinajstić information content (AvgIpc) is 3.32. The molecule has 0 saturated carbocycles. The largest absolute Gasteiger partial charge is 0.382 e. The van der Waals surface area contributed by atoms with E-state index in [-0.39, 0.29) is 29.7 Å². The quantitative estimate of drug-likeness (QED) is 0.218. The lowest BCUT2D eigenvalue weighted by atomic mass is 10.1. The van der Waals surface area contributed by atoms with E-state index in [1.54, 1.807) is 24.3 Å². The van der Waals surface area contributed by atoms with Crippen molar-refractivity contribution in [2.24, 2.45) is 0 Å². The number of aromatic nitrogens is 2. The van der Waals surface area contributed by atoms with Crippen LogP contribution in [0, 0.1) is 0 Å². The molecule has 1 saturated heterocycles. The summed E-state index contributed by atoms with van der Waals surface area (Å²) in [6.45, 7) is 4.60. The molecule has 0 radical (unpaired) electrons. The molecule has 1 aliphatic heterocycles. The van der Waals surface area contributed by atoms with Crippen LogP contribution in [0.4, 0.5) is 25.1 Å². The first-order valence-electron chi connectivity index (χ1n) is 12.7. The molecule has 0 spiro atoms. The number of fused-ring (bicyclic) bond motifs is 1. The third-order valence-corrected chi connectivity index (χ3v) is 10.2. The first-order chi connectivity index (χ1) is 18.5. The number of hydrogen-bond donors (Lipinski definition) is 1. The van der Waals surface area contributed by atoms with Crippen LogP contribution in [-0.4, -0.2) is 41.2 Å². The van der Waals surface area contributed by atoms with Crippen LogP contribution in [0.25, 0.3) is 16.8 Å². The van der Waals surface area contributed by atoms with Gasteiger partial charge >= 0.3 is 10.2 Å². The Balaban J connectivity index is 1.24. The van der Waals surface area contributed by atoms with Gasteiger partial charge in [0.25, 0.3) is 0 Å². The molecule has 1 N–H and O–H groups in total. The number of nitrogens with zero attached hydrogens (tertiary/aromatic N) is 3. The predicted molar refractivity (Wildman–Crippen MR) is 148 cm³/mol. The fourth-order valence-electron chi connectivity index (χ4n) is 4.85. The van der Waals surface area contributed by atoms with Crippen molar-refractivity contribution >= 4 is 31.6 Å². The molecular formula is C27H29F5N4O2S2. The maximum absolute atomic E-state index is 13.3. The second-order valence-electron chi connectivity index (χ2n) is 10.3. The zero-order valence-electron chi connectivity index (χ0n) is 21.8. The van der Waals surface area contributed by atoms with Crippen molar-refractivity contribution in [2.75, 3.05) is 18.4 Å². The van der Waals surface area contributed by atoms with Gasteiger partial charge < -0.3 is 9.72 Å². The minimum atomic E-state index is -9.72. The van der Waals surface area contributed by atoms with E-state index in [1.165, 1.54) is 4.31 Å². The van der Waals surface area contributed by atoms with E-state index in [2.05, 4.69) is 24.1 Å². The summed E-state index contributed by atoms with van der Waals surface area (Å²) in [4.78, 5) is 2.65. The van der Waals surface area contributed by atoms with Crippen molar-refractivity contribution in [3.63, 3.8) is 0 Å². The van der Waals surface area contributed by atoms with Crippen LogP contribution in [0.2, 0.25) is 0 Å². The topological polar surface area (TPSA) is 66.7 Å². The van der Waals surface area contributed by atoms with Crippen LogP contribution in [0.15, 0.2) is 82.8 Å². The van der Waals surface area contributed by atoms with Crippen molar-refractivity contribution < 1.29 is 27.8 Å². The highest BCUT2D eigenvalue weighted by Gasteiger charge is 2.65. The molecule has 216 valence electrons. The number of pyridine rings is 1. The molecule has 5 rings (SSSR count). The number of sulfonamides is 1. The summed E-state index contributed by atoms with van der Waals surface area (Å²) in [6, 6.07) is 13.0. The summed E-state index contributed by atoms with van der Waals surface area (Å²) in [7, 11) is -13.5. The molecule has 6 nitrogen and oxygen atoms in total. The van der Waals surface area contributed by atoms with E-state index in [0.717, 1.165) is 34.6 Å². The highest BCUT2D eigenvalue weighted by Crippen LogP contribution is 3.02. The van der Waals surface area contributed by atoms with Crippen LogP contribution >= 0.6 is 10.2 Å². The lowest BCUT2D eigenvalue weighted by Gasteiger charge is -2.40. The van der Waals surface area contributed by atoms with Gasteiger partial charge in [-0.15, -0.1) is 0 Å². The Morgan fingerprint density at radius 1 is 0.875 bits per heavy atom. The molecule has 4 aromatic rings. The molecule has 13 heteroatoms. The molecule has 0 amide bonds. The Bertz CT molecular complexity index is 1650.